The molecule has 0 spiro atoms. The maximum Gasteiger partial charge on any atom is 0.410 e. The van der Waals surface area contributed by atoms with Gasteiger partial charge in [-0.3, -0.25) is 0 Å². The first-order valence-corrected chi connectivity index (χ1v) is 6.05. The predicted molar refractivity (Wildman–Crippen MR) is 69.1 cm³/mol. The number of carbonyl (C=O) groups excluding carboxylic acids is 1. The maximum atomic E-state index is 11.6. The number of hydrogen-bond donors (Lipinski definition) is 0. The fourth-order valence-electron chi connectivity index (χ4n) is 1.42. The lowest BCUT2D eigenvalue weighted by Gasteiger charge is -2.47. The molecule has 1 amide bonds. The predicted octanol–water partition coefficient (Wildman–Crippen LogP) is 3.19. The molecule has 1 aliphatic heterocycles. The second kappa shape index (κ2) is 3.96. The van der Waals surface area contributed by atoms with E-state index in [9.17, 15) is 4.79 Å². The van der Waals surface area contributed by atoms with Crippen molar-refractivity contribution >= 4 is 28.7 Å². The summed E-state index contributed by atoms with van der Waals surface area (Å²) >= 11 is 2.22. The standard InChI is InChI=1S/C11H18INO2/c1-8(12)11(5)6-13(7-11)9(14)15-10(2,3)4/h1,6-7H2,2-5H3. The quantitative estimate of drug-likeness (QED) is 0.694. The Balaban J connectivity index is 2.46. The van der Waals surface area contributed by atoms with Gasteiger partial charge >= 0.3 is 6.09 Å². The first-order valence-electron chi connectivity index (χ1n) is 4.97. The molecule has 4 heteroatoms. The van der Waals surface area contributed by atoms with Crippen LogP contribution in [0, 0.1) is 5.41 Å². The lowest BCUT2D eigenvalue weighted by molar-refractivity contribution is -0.0140. The zero-order chi connectivity index (χ0) is 11.9. The summed E-state index contributed by atoms with van der Waals surface area (Å²) in [5.41, 5.74) is -0.345. The molecule has 0 radical (unpaired) electrons. The molecule has 0 aromatic carbocycles. The molecular weight excluding hydrogens is 305 g/mol. The fraction of sp³-hybridized carbons (Fsp3) is 0.727. The highest BCUT2D eigenvalue weighted by molar-refractivity contribution is 14.1. The van der Waals surface area contributed by atoms with Crippen LogP contribution in [0.2, 0.25) is 0 Å². The molecule has 15 heavy (non-hydrogen) atoms. The van der Waals surface area contributed by atoms with Gasteiger partial charge in [0.25, 0.3) is 0 Å². The first kappa shape index (κ1) is 12.8. The molecule has 1 aliphatic rings. The summed E-state index contributed by atoms with van der Waals surface area (Å²) in [5.74, 6) is 0. The summed E-state index contributed by atoms with van der Waals surface area (Å²) in [7, 11) is 0. The average Bonchev–Trinajstić information content (AvgIpc) is 1.94. The molecule has 0 N–H and O–H groups in total. The molecule has 1 saturated heterocycles. The van der Waals surface area contributed by atoms with Crippen molar-refractivity contribution in [2.75, 3.05) is 13.1 Å². The molecule has 0 aromatic heterocycles. The molecule has 0 aromatic rings. The van der Waals surface area contributed by atoms with Gasteiger partial charge in [-0.1, -0.05) is 13.5 Å². The number of carbonyl (C=O) groups is 1. The molecular formula is C11H18INO2. The molecule has 0 unspecified atom stereocenters. The van der Waals surface area contributed by atoms with E-state index in [2.05, 4.69) is 36.1 Å². The number of amides is 1. The van der Waals surface area contributed by atoms with Crippen LogP contribution in [-0.4, -0.2) is 29.7 Å². The summed E-state index contributed by atoms with van der Waals surface area (Å²) in [6.07, 6.45) is -0.224. The molecule has 86 valence electrons. The van der Waals surface area contributed by atoms with E-state index in [1.807, 2.05) is 20.8 Å². The van der Waals surface area contributed by atoms with Gasteiger partial charge in [-0.05, 0) is 46.9 Å². The minimum absolute atomic E-state index is 0.0669. The number of likely N-dealkylation sites (tertiary alicyclic amines) is 1. The van der Waals surface area contributed by atoms with Crippen LogP contribution >= 0.6 is 22.6 Å². The van der Waals surface area contributed by atoms with E-state index in [0.29, 0.717) is 13.1 Å². The van der Waals surface area contributed by atoms with Gasteiger partial charge in [0, 0.05) is 18.5 Å². The highest BCUT2D eigenvalue weighted by atomic mass is 127. The van der Waals surface area contributed by atoms with E-state index in [4.69, 9.17) is 4.74 Å². The summed E-state index contributed by atoms with van der Waals surface area (Å²) in [5, 5.41) is 0. The molecule has 1 fully saturated rings. The summed E-state index contributed by atoms with van der Waals surface area (Å²) in [6.45, 7) is 13.1. The van der Waals surface area contributed by atoms with Crippen LogP contribution in [0.3, 0.4) is 0 Å². The average molecular weight is 323 g/mol. The highest BCUT2D eigenvalue weighted by Gasteiger charge is 2.44. The van der Waals surface area contributed by atoms with E-state index in [1.165, 1.54) is 0 Å². The Morgan fingerprint density at radius 3 is 2.27 bits per heavy atom. The third-order valence-electron chi connectivity index (χ3n) is 2.39. The van der Waals surface area contributed by atoms with Gasteiger partial charge in [-0.25, -0.2) is 4.79 Å². The lowest BCUT2D eigenvalue weighted by Crippen LogP contribution is -2.57. The van der Waals surface area contributed by atoms with Gasteiger partial charge in [-0.2, -0.15) is 0 Å². The summed E-state index contributed by atoms with van der Waals surface area (Å²) in [6, 6.07) is 0. The summed E-state index contributed by atoms with van der Waals surface area (Å²) in [4.78, 5) is 13.3. The Morgan fingerprint density at radius 2 is 1.93 bits per heavy atom. The zero-order valence-corrected chi connectivity index (χ0v) is 11.9. The Hall–Kier alpha value is -0.260. The topological polar surface area (TPSA) is 29.5 Å². The van der Waals surface area contributed by atoms with Gasteiger partial charge in [-0.15, -0.1) is 0 Å². The monoisotopic (exact) mass is 323 g/mol. The van der Waals surface area contributed by atoms with Gasteiger partial charge in [0.05, 0.1) is 0 Å². The molecule has 0 saturated carbocycles. The van der Waals surface area contributed by atoms with Gasteiger partial charge < -0.3 is 9.64 Å². The Kier molecular flexibility index (Phi) is 3.38. The Bertz CT molecular complexity index is 287. The Morgan fingerprint density at radius 1 is 1.47 bits per heavy atom. The van der Waals surface area contributed by atoms with Crippen molar-refractivity contribution in [2.45, 2.75) is 33.3 Å². The lowest BCUT2D eigenvalue weighted by atomic mass is 9.82. The number of halogens is 1. The van der Waals surface area contributed by atoms with Crippen LogP contribution in [0.1, 0.15) is 27.7 Å². The van der Waals surface area contributed by atoms with E-state index >= 15 is 0 Å². The van der Waals surface area contributed by atoms with E-state index in [-0.39, 0.29) is 11.5 Å². The van der Waals surface area contributed by atoms with E-state index in [1.54, 1.807) is 4.90 Å². The Labute approximate surface area is 105 Å². The molecule has 0 aliphatic carbocycles. The molecule has 1 heterocycles. The smallest absolute Gasteiger partial charge is 0.410 e. The van der Waals surface area contributed by atoms with Crippen LogP contribution in [0.25, 0.3) is 0 Å². The van der Waals surface area contributed by atoms with Crippen LogP contribution in [0.15, 0.2) is 10.2 Å². The molecule has 3 nitrogen and oxygen atoms in total. The van der Waals surface area contributed by atoms with Crippen molar-refractivity contribution in [3.63, 3.8) is 0 Å². The van der Waals surface area contributed by atoms with Crippen molar-refractivity contribution in [2.24, 2.45) is 5.41 Å². The van der Waals surface area contributed by atoms with Crippen molar-refractivity contribution < 1.29 is 9.53 Å². The maximum absolute atomic E-state index is 11.6. The van der Waals surface area contributed by atoms with E-state index < -0.39 is 5.60 Å². The third kappa shape index (κ3) is 3.09. The van der Waals surface area contributed by atoms with Gasteiger partial charge in [0.1, 0.15) is 5.60 Å². The largest absolute Gasteiger partial charge is 0.444 e. The van der Waals surface area contributed by atoms with Gasteiger partial charge in [0.2, 0.25) is 0 Å². The minimum Gasteiger partial charge on any atom is -0.444 e. The number of ether oxygens (including phenoxy) is 1. The highest BCUT2D eigenvalue weighted by Crippen LogP contribution is 2.40. The van der Waals surface area contributed by atoms with Crippen LogP contribution in [0.5, 0.6) is 0 Å². The number of nitrogens with zero attached hydrogens (tertiary/aromatic N) is 1. The second-order valence-corrected chi connectivity index (χ2v) is 6.60. The third-order valence-corrected chi connectivity index (χ3v) is 3.69. The van der Waals surface area contributed by atoms with Crippen molar-refractivity contribution in [3.05, 3.63) is 10.2 Å². The van der Waals surface area contributed by atoms with Crippen LogP contribution in [-0.2, 0) is 4.74 Å². The number of hydrogen-bond acceptors (Lipinski definition) is 2. The van der Waals surface area contributed by atoms with Crippen LogP contribution in [0.4, 0.5) is 4.79 Å². The van der Waals surface area contributed by atoms with Crippen molar-refractivity contribution in [3.8, 4) is 0 Å². The van der Waals surface area contributed by atoms with Crippen LogP contribution < -0.4 is 0 Å². The molecule has 0 atom stereocenters. The van der Waals surface area contributed by atoms with E-state index in [0.717, 1.165) is 3.58 Å². The molecule has 1 rings (SSSR count). The van der Waals surface area contributed by atoms with Gasteiger partial charge in [0.15, 0.2) is 0 Å². The SMILES string of the molecule is C=C(I)C1(C)CN(C(=O)OC(C)(C)C)C1. The number of rotatable bonds is 1. The molecule has 0 bridgehead atoms. The minimum atomic E-state index is -0.412. The fourth-order valence-corrected chi connectivity index (χ4v) is 1.76. The second-order valence-electron chi connectivity index (χ2n) is 5.30. The summed E-state index contributed by atoms with van der Waals surface area (Å²) < 4.78 is 6.37. The first-order chi connectivity index (χ1) is 6.64. The normalized spacial score (nSPS) is 19.4. The van der Waals surface area contributed by atoms with Crippen molar-refractivity contribution in [1.82, 2.24) is 4.90 Å². The van der Waals surface area contributed by atoms with Crippen molar-refractivity contribution in [1.29, 1.82) is 0 Å². The zero-order valence-electron chi connectivity index (χ0n) is 9.76.